The highest BCUT2D eigenvalue weighted by Gasteiger charge is 2.53. The molecule has 7 amide bonds. The van der Waals surface area contributed by atoms with Gasteiger partial charge in [-0.15, -0.1) is 0 Å². The molecule has 1 unspecified atom stereocenters. The molecule has 9 heterocycles. The molecule has 3 saturated heterocycles. The van der Waals surface area contributed by atoms with E-state index in [2.05, 4.69) is 47.5 Å². The highest BCUT2D eigenvalue weighted by molar-refractivity contribution is 6.32. The number of likely N-dealkylation sites (N-methyl/N-ethyl adjacent to an activating group) is 1. The first-order valence-corrected chi connectivity index (χ1v) is 41.3. The molecule has 1 aromatic heterocycles. The van der Waals surface area contributed by atoms with Crippen molar-refractivity contribution in [3.05, 3.63) is 170 Å². The van der Waals surface area contributed by atoms with Gasteiger partial charge in [0.25, 0.3) is 0 Å². The Morgan fingerprint density at radius 1 is 0.661 bits per heavy atom. The number of aromatic hydroxyl groups is 3. The summed E-state index contributed by atoms with van der Waals surface area (Å²) >= 11 is 14.5. The van der Waals surface area contributed by atoms with Crippen LogP contribution >= 0.6 is 23.2 Å². The first-order chi connectivity index (χ1) is 60.2. The summed E-state index contributed by atoms with van der Waals surface area (Å²) in [6.07, 6.45) is -27.5. The Labute approximate surface area is 735 Å². The van der Waals surface area contributed by atoms with Crippen LogP contribution in [0.25, 0.3) is 22.4 Å². The molecule has 6 aromatic carbocycles. The van der Waals surface area contributed by atoms with Crippen LogP contribution in [0.4, 0.5) is 0 Å². The zero-order valence-corrected chi connectivity index (χ0v) is 70.8. The van der Waals surface area contributed by atoms with Gasteiger partial charge in [-0.3, -0.25) is 38.5 Å². The zero-order valence-electron chi connectivity index (χ0n) is 69.2. The van der Waals surface area contributed by atoms with E-state index in [1.54, 1.807) is 6.20 Å². The monoisotopic (exact) mass is 1800 g/mol. The van der Waals surface area contributed by atoms with Gasteiger partial charge in [0.05, 0.1) is 47.0 Å². The third-order valence-corrected chi connectivity index (χ3v) is 23.6. The number of nitrogens with one attached hydrogen (secondary N) is 8. The molecule has 15 rings (SSSR count). The Hall–Kier alpha value is -11.0. The summed E-state index contributed by atoms with van der Waals surface area (Å²) in [5.74, 6) is -16.7. The fourth-order valence-corrected chi connectivity index (χ4v) is 16.4. The quantitative estimate of drug-likeness (QED) is 0.0513. The number of phenols is 3. The van der Waals surface area contributed by atoms with E-state index in [0.29, 0.717) is 11.3 Å². The average Bonchev–Trinajstić information content (AvgIpc) is 0.760. The molecule has 0 saturated carbocycles. The van der Waals surface area contributed by atoms with Crippen molar-refractivity contribution in [1.82, 2.24) is 47.5 Å². The second kappa shape index (κ2) is 38.9. The van der Waals surface area contributed by atoms with Crippen LogP contribution in [-0.4, -0.2) is 243 Å². The lowest BCUT2D eigenvalue weighted by Gasteiger charge is -2.46. The lowest BCUT2D eigenvalue weighted by atomic mass is 9.86. The van der Waals surface area contributed by atoms with Crippen molar-refractivity contribution >= 4 is 70.5 Å². The minimum Gasteiger partial charge on any atom is -0.508 e. The molecule has 680 valence electrons. The highest BCUT2D eigenvalue weighted by atomic mass is 35.5. The van der Waals surface area contributed by atoms with E-state index >= 15 is 24.0 Å². The topological polar surface area (TPSA) is 614 Å². The largest absolute Gasteiger partial charge is 0.508 e. The Morgan fingerprint density at radius 3 is 1.94 bits per heavy atom. The van der Waals surface area contributed by atoms with Gasteiger partial charge in [0.15, 0.2) is 30.1 Å². The number of carbonyl (C=O) groups is 8. The molecule has 3 fully saturated rings. The minimum absolute atomic E-state index is 0.130. The summed E-state index contributed by atoms with van der Waals surface area (Å²) in [4.78, 5) is 125. The van der Waals surface area contributed by atoms with Crippen LogP contribution in [0.5, 0.6) is 46.0 Å². The molecule has 8 aliphatic heterocycles. The zero-order chi connectivity index (χ0) is 91.8. The molecular weight excluding hydrogens is 1710 g/mol. The number of hydrogen-bond donors (Lipinski definition) is 22. The Morgan fingerprint density at radius 2 is 1.31 bits per heavy atom. The number of ether oxygens (including phenoxy) is 8. The van der Waals surface area contributed by atoms with E-state index in [-0.39, 0.29) is 48.5 Å². The van der Waals surface area contributed by atoms with Crippen molar-refractivity contribution in [2.75, 3.05) is 20.2 Å². The number of nitrogens with zero attached hydrogens (tertiary/aromatic N) is 1. The minimum atomic E-state index is -2.42. The molecule has 127 heavy (non-hydrogen) atoms. The van der Waals surface area contributed by atoms with Crippen molar-refractivity contribution in [3.8, 4) is 68.4 Å². The Balaban J connectivity index is 0.957. The maximum Gasteiger partial charge on any atom is 0.330 e. The van der Waals surface area contributed by atoms with Gasteiger partial charge in [-0.1, -0.05) is 73.4 Å². The van der Waals surface area contributed by atoms with Crippen LogP contribution < -0.4 is 68.2 Å². The number of halogens is 2. The van der Waals surface area contributed by atoms with E-state index in [4.69, 9.17) is 72.6 Å². The number of fused-ring (bicyclic) bond motifs is 15. The van der Waals surface area contributed by atoms with Gasteiger partial charge >= 0.3 is 5.97 Å². The molecule has 7 aromatic rings. The molecule has 8 aliphatic rings. The van der Waals surface area contributed by atoms with Crippen molar-refractivity contribution in [3.63, 3.8) is 0 Å². The number of aromatic nitrogens is 1. The second-order valence-corrected chi connectivity index (χ2v) is 33.6. The number of carboxylic acid groups (broad SMARTS) is 1. The van der Waals surface area contributed by atoms with Gasteiger partial charge in [0, 0.05) is 59.6 Å². The summed E-state index contributed by atoms with van der Waals surface area (Å²) in [5, 5.41) is 160. The number of aliphatic carboxylic acids is 1. The van der Waals surface area contributed by atoms with Crippen molar-refractivity contribution in [2.45, 2.75) is 207 Å². The van der Waals surface area contributed by atoms with Crippen LogP contribution in [-0.2, 0) is 68.6 Å². The number of aliphatic hydroxyl groups is 8. The molecule has 41 heteroatoms. The average molecular weight is 1810 g/mol. The standard InChI is InChI=1S/C86H99Cl2N11O28/c1-33(2)18-49(91-7)77(112)98-65-67(105)40-12-16-53(46(87)21-40)121-55-23-42-24-56(74(55)126-85-72(110)70(108)75(58(32-100)124-85)127-84-71(109)69(107)68(106)57(123-84)31-92-29-37-9-14-48(93-30-37)38-10-8-34(3)35(4)19-38)122-54-17-13-41(22-47(54)88)73(125-60-28-86(6,90)76(111)36(5)120-60)66-82(117)97-64(83(118)119)45-25-43(101)26-52(103)61(45)44-20-39(11-15-51(44)102)62(79(114)99-66)96-80(115)63(42)95-78(113)50(27-59(89)104)94-81(65)116/h8-17,19-26,30,33,36,49-50,57-58,60,62-73,75-76,84-85,91-92,100-103,105-111H,18,27-29,31-32,90H2,1-7H3,(H2,89,104)(H,94,116)(H,95,113)(H,96,115)(H,97,117)(H,98,112)(H,99,114)(H,118,119)/t36-,49+,50-,57+,58+,60-,62+,63+,64+,65?,66-,67+,68-,69-,70+,71+,72+,73+,75+,76-,84-,85-,86-/m0/s1. The number of aryl methyl sites for hydroxylation is 2. The summed E-state index contributed by atoms with van der Waals surface area (Å²) in [5.41, 5.74) is 12.5. The summed E-state index contributed by atoms with van der Waals surface area (Å²) < 4.78 is 51.3. The van der Waals surface area contributed by atoms with Crippen LogP contribution in [0.3, 0.4) is 0 Å². The van der Waals surface area contributed by atoms with Gasteiger partial charge in [-0.2, -0.15) is 0 Å². The summed E-state index contributed by atoms with van der Waals surface area (Å²) in [6, 6.07) is 8.63. The molecule has 0 spiro atoms. The van der Waals surface area contributed by atoms with Crippen LogP contribution in [0.1, 0.15) is 122 Å². The van der Waals surface area contributed by atoms with E-state index in [1.807, 2.05) is 58.0 Å². The SMILES string of the molecule is CN[C@H](CC(C)C)C(=O)NC1C(=O)N[C@@H](CC(N)=O)C(=O)N[C@H]2C(=O)N[C@H]3C(=O)N[C@H](C(=O)N[C@@H](C(=O)O)c4cc(O)cc(O)c4-c4cc3ccc4O)[C@H](O[C@H]3C[C@](C)(N)[C@@H](O)[C@H](C)O3)c3ccc(c(Cl)c3)Oc3cc2cc(c3O[C@@H]2O[C@H](CO)[C@@H](O[C@@H]3O[C@H](CNCc4ccc(-c5ccc(C)c(C)c5)nc4)[C@H](O)[C@H](O)[C@H]3O)[C@H](O)[C@H]2O)Oc2ccc(cc2Cl)[C@H]1O. The van der Waals surface area contributed by atoms with E-state index in [1.165, 1.54) is 33.0 Å². The third kappa shape index (κ3) is 20.4. The number of rotatable bonds is 20. The predicted molar refractivity (Wildman–Crippen MR) is 446 cm³/mol. The van der Waals surface area contributed by atoms with E-state index < -0.39 is 279 Å². The number of primary amides is 1. The first-order valence-electron chi connectivity index (χ1n) is 40.6. The maximum absolute atomic E-state index is 16.4. The van der Waals surface area contributed by atoms with Gasteiger partial charge < -0.3 is 153 Å². The first kappa shape index (κ1) is 93.6. The van der Waals surface area contributed by atoms with Crippen LogP contribution in [0.2, 0.25) is 10.0 Å². The van der Waals surface area contributed by atoms with Gasteiger partial charge in [0.1, 0.15) is 120 Å². The normalized spacial score (nSPS) is 29.5. The number of pyridine rings is 1. The third-order valence-electron chi connectivity index (χ3n) is 23.0. The molecule has 11 bridgehead atoms. The van der Waals surface area contributed by atoms with E-state index in [9.17, 15) is 75.7 Å². The number of hydrogen-bond acceptors (Lipinski definition) is 31. The van der Waals surface area contributed by atoms with Gasteiger partial charge in [-0.05, 0) is 153 Å². The van der Waals surface area contributed by atoms with Crippen LogP contribution in [0.15, 0.2) is 115 Å². The number of phenolic OH excluding ortho intramolecular Hbond substituents is 3. The molecular formula is C86H99Cl2N11O28. The van der Waals surface area contributed by atoms with Crippen molar-refractivity contribution < 1.29 is 138 Å². The molecule has 0 aliphatic carbocycles. The van der Waals surface area contributed by atoms with Crippen molar-refractivity contribution in [1.29, 1.82) is 0 Å². The molecule has 23 atom stereocenters. The predicted octanol–water partition coefficient (Wildman–Crippen LogP) is 1.41. The Kier molecular flexibility index (Phi) is 28.7. The molecule has 24 N–H and O–H groups in total. The lowest BCUT2D eigenvalue weighted by Crippen LogP contribution is -2.65. The second-order valence-electron chi connectivity index (χ2n) is 32.8. The fourth-order valence-electron chi connectivity index (χ4n) is 16.0. The van der Waals surface area contributed by atoms with Crippen molar-refractivity contribution in [2.24, 2.45) is 17.4 Å². The summed E-state index contributed by atoms with van der Waals surface area (Å²) in [6.45, 7) is 9.39. The van der Waals surface area contributed by atoms with Crippen LogP contribution in [0, 0.1) is 19.8 Å². The number of aliphatic hydroxyl groups excluding tert-OH is 8. The summed E-state index contributed by atoms with van der Waals surface area (Å²) in [7, 11) is 1.46. The van der Waals surface area contributed by atoms with E-state index in [0.717, 1.165) is 83.4 Å². The molecule has 39 nitrogen and oxygen atoms in total. The number of amides is 7. The van der Waals surface area contributed by atoms with Gasteiger partial charge in [0.2, 0.25) is 53.4 Å². The fraction of sp³-hybridized carbons (Fsp3) is 0.430. The number of carbonyl (C=O) groups excluding carboxylic acids is 7. The maximum atomic E-state index is 16.4. The number of nitrogens with two attached hydrogens (primary N) is 2. The number of benzene rings is 6. The number of carboxylic acids is 1. The Bertz CT molecular complexity index is 5330. The highest BCUT2D eigenvalue weighted by Crippen LogP contribution is 2.50. The van der Waals surface area contributed by atoms with Gasteiger partial charge in [-0.25, -0.2) is 4.79 Å². The molecule has 0 radical (unpaired) electrons. The smallest absolute Gasteiger partial charge is 0.330 e. The lowest BCUT2D eigenvalue weighted by molar-refractivity contribution is -0.350.